The summed E-state index contributed by atoms with van der Waals surface area (Å²) in [5, 5.41) is 2.00. The molecule has 84 heavy (non-hydrogen) atoms. The molecule has 3 unspecified atom stereocenters. The van der Waals surface area contributed by atoms with Crippen molar-refractivity contribution in [2.45, 2.75) is 150 Å². The Morgan fingerprint density at radius 2 is 0.869 bits per heavy atom. The van der Waals surface area contributed by atoms with Crippen molar-refractivity contribution in [3.05, 3.63) is 160 Å². The van der Waals surface area contributed by atoms with Crippen LogP contribution in [0.15, 0.2) is 116 Å². The Morgan fingerprint density at radius 3 is 1.18 bits per heavy atom. The van der Waals surface area contributed by atoms with Crippen molar-refractivity contribution in [1.82, 2.24) is 15.0 Å². The van der Waals surface area contributed by atoms with Crippen LogP contribution in [0.4, 0.5) is 17.6 Å². The molecule has 0 aliphatic heterocycles. The monoisotopic (exact) mass is 1320 g/mol. The van der Waals surface area contributed by atoms with Crippen molar-refractivity contribution < 1.29 is 52.9 Å². The van der Waals surface area contributed by atoms with Gasteiger partial charge in [-0.05, 0) is 237 Å². The molecule has 3 aromatic heterocycles. The van der Waals surface area contributed by atoms with Crippen LogP contribution in [0.1, 0.15) is 153 Å². The lowest BCUT2D eigenvalue weighted by atomic mass is 9.76. The first-order valence-electron chi connectivity index (χ1n) is 27.6. The zero-order valence-corrected chi connectivity index (χ0v) is 50.5. The predicted octanol–water partition coefficient (Wildman–Crippen LogP) is 17.0. The van der Waals surface area contributed by atoms with Crippen LogP contribution in [0.25, 0.3) is 32.7 Å². The molecule has 0 bridgehead atoms. The second kappa shape index (κ2) is 27.1. The van der Waals surface area contributed by atoms with Gasteiger partial charge >= 0.3 is 0 Å². The van der Waals surface area contributed by atoms with Crippen LogP contribution in [0.3, 0.4) is 0 Å². The van der Waals surface area contributed by atoms with Gasteiger partial charge in [0.2, 0.25) is 18.3 Å². The summed E-state index contributed by atoms with van der Waals surface area (Å²) in [4.78, 5) is 12.9. The summed E-state index contributed by atoms with van der Waals surface area (Å²) in [6.07, 6.45) is 17.9. The lowest BCUT2D eigenvalue weighted by Gasteiger charge is -2.30. The van der Waals surface area contributed by atoms with Gasteiger partial charge in [-0.15, -0.1) is 0 Å². The highest BCUT2D eigenvalue weighted by atomic mass is 36.0. The summed E-state index contributed by atoms with van der Waals surface area (Å²) in [7, 11) is 1.33. The summed E-state index contributed by atoms with van der Waals surface area (Å²) in [6.45, 7) is 0. The van der Waals surface area contributed by atoms with E-state index in [9.17, 15) is 47.4 Å². The third kappa shape index (κ3) is 15.4. The fourth-order valence-corrected chi connectivity index (χ4v) is 19.8. The molecule has 11 nitrogen and oxygen atoms in total. The molecular weight excluding hydrogens is 1250 g/mol. The Labute approximate surface area is 513 Å². The molecule has 4 aromatic carbocycles. The van der Waals surface area contributed by atoms with E-state index in [-0.39, 0.29) is 70.7 Å². The number of benzene rings is 4. The highest BCUT2D eigenvalue weighted by molar-refractivity contribution is 8.26. The van der Waals surface area contributed by atoms with Crippen LogP contribution in [0, 0.1) is 33.7 Å². The highest BCUT2D eigenvalue weighted by Gasteiger charge is 2.63. The van der Waals surface area contributed by atoms with Gasteiger partial charge < -0.3 is 0 Å². The molecule has 6 fully saturated rings. The van der Waals surface area contributed by atoms with Crippen molar-refractivity contribution in [3.63, 3.8) is 0 Å². The normalized spacial score (nSPS) is 26.8. The Hall–Kier alpha value is -4.05. The van der Waals surface area contributed by atoms with E-state index in [1.165, 1.54) is 24.3 Å². The van der Waals surface area contributed by atoms with E-state index >= 15 is 0 Å². The average molecular weight is 1320 g/mol. The molecule has 3 spiro atoms. The number of hydrogen-bond acceptors (Lipinski definition) is 10. The van der Waals surface area contributed by atoms with Gasteiger partial charge in [0.05, 0.1) is 46.6 Å². The maximum Gasteiger partial charge on any atom is 0.268 e. The second-order valence-electron chi connectivity index (χ2n) is 22.8. The van der Waals surface area contributed by atoms with E-state index in [1.807, 2.05) is 18.2 Å². The number of halogens is 8. The fraction of sp³-hybridized carbons (Fsp3) is 0.459. The first-order chi connectivity index (χ1) is 39.3. The number of hydrogen-bond donors (Lipinski definition) is 1. The molecule has 0 radical (unpaired) electrons. The number of rotatable bonds is 8. The minimum absolute atomic E-state index is 0. The molecule has 6 aliphatic carbocycles. The molecule has 13 rings (SSSR count). The summed E-state index contributed by atoms with van der Waals surface area (Å²) in [5.74, 6) is 0.238. The summed E-state index contributed by atoms with van der Waals surface area (Å²) in [5.41, 5.74) is 6.13. The molecule has 0 amide bonds. The lowest BCUT2D eigenvalue weighted by molar-refractivity contribution is 0.304. The second-order valence-corrected chi connectivity index (χ2v) is 32.3. The number of alkyl halides is 1. The van der Waals surface area contributed by atoms with E-state index < -0.39 is 50.6 Å². The van der Waals surface area contributed by atoms with Crippen molar-refractivity contribution >= 4 is 115 Å². The van der Waals surface area contributed by atoms with Crippen LogP contribution >= 0.6 is 43.6 Å². The maximum atomic E-state index is 13.8. The van der Waals surface area contributed by atoms with Crippen molar-refractivity contribution in [3.8, 4) is 0 Å². The molecular formula is C61H69Cl4F4N3O8S4. The average Bonchev–Trinajstić information content (AvgIpc) is 1.70. The molecule has 456 valence electrons. The molecule has 3 heterocycles. The standard InChI is InChI=1S/C24H23ClFNO2S.C17H17ClFNO2S.C17H18FNO3S.CH3F.2CH4.Cl2OS/c25-18-3-1-16(2-4-18)15-30(28,29)23-14-24(23)10-7-17(8-11-24)20-9-12-27-22-6-5-19(26)13-21(20)22;18-23(21,22)16-10-17(16)6-3-11(4-7-17)13-5-8-20-15-2-1-12(19)9-14(13)15;18-12-1-2-15-14(9-12)13(5-8-19-15)11-3-6-17(7-4-11)10-16(17)23(20,21)22;1-2;;;1-4(2)3/h1-6,9,12-13,17,23H,7-8,10-11,14-15H2;1-2,5,8-9,11,16H,3-4,6-7,10H2;1-2,5,8-9,11,16H,3-4,6-7,10H2,(H,20,21,22);1H3;2*1H4;/i;;;1D;;;. The molecule has 6 saturated carbocycles. The third-order valence-electron chi connectivity index (χ3n) is 18.2. The lowest BCUT2D eigenvalue weighted by Crippen LogP contribution is -2.22. The van der Waals surface area contributed by atoms with E-state index in [0.29, 0.717) is 29.7 Å². The third-order valence-corrected chi connectivity index (χ3v) is 24.1. The molecule has 7 aromatic rings. The van der Waals surface area contributed by atoms with E-state index in [4.69, 9.17) is 27.9 Å². The van der Waals surface area contributed by atoms with Gasteiger partial charge in [-0.3, -0.25) is 23.9 Å². The Balaban J connectivity index is 0.000000173. The van der Waals surface area contributed by atoms with Crippen LogP contribution in [-0.4, -0.2) is 71.9 Å². The van der Waals surface area contributed by atoms with E-state index in [0.717, 1.165) is 138 Å². The van der Waals surface area contributed by atoms with Gasteiger partial charge in [-0.25, -0.2) is 34.2 Å². The quantitative estimate of drug-likeness (QED) is 0.0869. The number of aromatic nitrogens is 3. The van der Waals surface area contributed by atoms with Gasteiger partial charge in [-0.2, -0.15) is 8.42 Å². The minimum Gasteiger partial charge on any atom is -0.285 e. The van der Waals surface area contributed by atoms with Crippen LogP contribution in [0.5, 0.6) is 0 Å². The SMILES string of the molecule is C.C.O=S(=O)(Cc1ccc(Cl)cc1)C1CC12CCC(c1ccnc3ccc(F)cc13)CC2.O=S(=O)(Cl)C1CC12CCC(c1ccnc3ccc(F)cc13)CC2.O=S(=O)(O)C1CC12CCC(c1ccnc3ccc(F)cc13)CC2.O=S(Cl)Cl.[2H]CF. The van der Waals surface area contributed by atoms with Crippen LogP contribution < -0.4 is 0 Å². The highest BCUT2D eigenvalue weighted by Crippen LogP contribution is 2.64. The number of fused-ring (bicyclic) bond motifs is 3. The summed E-state index contributed by atoms with van der Waals surface area (Å²) >= 11 is 5.91. The van der Waals surface area contributed by atoms with Gasteiger partial charge in [0.1, 0.15) is 17.5 Å². The smallest absolute Gasteiger partial charge is 0.268 e. The predicted molar refractivity (Wildman–Crippen MR) is 332 cm³/mol. The number of sulfone groups is 1. The van der Waals surface area contributed by atoms with Crippen molar-refractivity contribution in [2.24, 2.45) is 16.2 Å². The minimum atomic E-state index is -3.92. The summed E-state index contributed by atoms with van der Waals surface area (Å²) < 4.78 is 147. The van der Waals surface area contributed by atoms with E-state index in [1.54, 1.807) is 73.2 Å². The number of nitrogens with zero attached hydrogens (tertiary/aromatic N) is 3. The van der Waals surface area contributed by atoms with Crippen molar-refractivity contribution in [1.29, 1.82) is 0 Å². The fourth-order valence-electron chi connectivity index (χ4n) is 13.7. The Bertz CT molecular complexity index is 3720. The topological polar surface area (TPSA) is 178 Å². The first-order valence-corrected chi connectivity index (χ1v) is 35.6. The largest absolute Gasteiger partial charge is 0.285 e. The zero-order valence-electron chi connectivity index (χ0n) is 45.3. The molecule has 3 atom stereocenters. The van der Waals surface area contributed by atoms with Gasteiger partial charge in [0, 0.05) is 71.8 Å². The number of pyridine rings is 3. The van der Waals surface area contributed by atoms with Crippen LogP contribution in [0.2, 0.25) is 5.02 Å². The van der Waals surface area contributed by atoms with Gasteiger partial charge in [-0.1, -0.05) is 38.6 Å². The Morgan fingerprint density at radius 1 is 0.560 bits per heavy atom. The van der Waals surface area contributed by atoms with Crippen LogP contribution in [-0.2, 0) is 44.0 Å². The Kier molecular flexibility index (Phi) is 21.3. The molecule has 6 aliphatic rings. The zero-order chi connectivity index (χ0) is 59.7. The summed E-state index contributed by atoms with van der Waals surface area (Å²) in [6, 6.07) is 27.0. The maximum absolute atomic E-state index is 13.8. The molecule has 1 N–H and O–H groups in total. The first kappa shape index (κ1) is 65.9. The molecule has 23 heteroatoms. The van der Waals surface area contributed by atoms with Gasteiger partial charge in [0.15, 0.2) is 9.84 Å². The molecule has 0 saturated heterocycles. The van der Waals surface area contributed by atoms with E-state index in [2.05, 4.69) is 36.3 Å². The van der Waals surface area contributed by atoms with Crippen molar-refractivity contribution in [2.75, 3.05) is 7.15 Å². The van der Waals surface area contributed by atoms with Gasteiger partial charge in [0.25, 0.3) is 10.1 Å².